The highest BCUT2D eigenvalue weighted by Gasteiger charge is 2.32. The maximum absolute atomic E-state index is 13.1. The molecule has 0 radical (unpaired) electrons. The fourth-order valence-electron chi connectivity index (χ4n) is 4.36. The van der Waals surface area contributed by atoms with Gasteiger partial charge in [-0.2, -0.15) is 0 Å². The number of hydrogen-bond acceptors (Lipinski definition) is 4. The molecule has 1 atom stereocenters. The van der Waals surface area contributed by atoms with Crippen molar-refractivity contribution in [1.29, 1.82) is 0 Å². The molecule has 1 N–H and O–H groups in total. The molecule has 1 aliphatic heterocycles. The van der Waals surface area contributed by atoms with E-state index in [0.717, 1.165) is 43.6 Å². The summed E-state index contributed by atoms with van der Waals surface area (Å²) in [5, 5.41) is 3.09. The minimum atomic E-state index is -0.126. The first-order valence-electron chi connectivity index (χ1n) is 10.6. The Morgan fingerprint density at radius 1 is 1.07 bits per heavy atom. The molecule has 2 aliphatic carbocycles. The van der Waals surface area contributed by atoms with Crippen LogP contribution in [0.3, 0.4) is 0 Å². The molecule has 2 amide bonds. The number of nitrogens with zero attached hydrogens (tertiary/aromatic N) is 2. The molecule has 152 valence electrons. The van der Waals surface area contributed by atoms with E-state index in [4.69, 9.17) is 0 Å². The highest BCUT2D eigenvalue weighted by Crippen LogP contribution is 2.39. The highest BCUT2D eigenvalue weighted by molar-refractivity contribution is 7.17. The number of hydrogen-bond donors (Lipinski definition) is 1. The van der Waals surface area contributed by atoms with Crippen LogP contribution in [0.15, 0.2) is 30.3 Å². The van der Waals surface area contributed by atoms with E-state index in [2.05, 4.69) is 40.5 Å². The summed E-state index contributed by atoms with van der Waals surface area (Å²) in [5.41, 5.74) is 3.98. The molecular weight excluding hydrogens is 382 g/mol. The zero-order valence-corrected chi connectivity index (χ0v) is 17.6. The van der Waals surface area contributed by atoms with Gasteiger partial charge in [-0.1, -0.05) is 24.3 Å². The Labute approximate surface area is 175 Å². The lowest BCUT2D eigenvalue weighted by Gasteiger charge is -2.37. The Hall–Kier alpha value is -2.18. The monoisotopic (exact) mass is 409 g/mol. The van der Waals surface area contributed by atoms with E-state index in [1.165, 1.54) is 21.6 Å². The van der Waals surface area contributed by atoms with Gasteiger partial charge in [-0.25, -0.2) is 0 Å². The molecule has 5 nitrogen and oxygen atoms in total. The summed E-state index contributed by atoms with van der Waals surface area (Å²) in [6, 6.07) is 10.9. The SMILES string of the molecule is CC(C(=O)NC1CC1)N1CCN(C(=O)c2cc3c(s2)-c2ccccc2CC3)CC1. The lowest BCUT2D eigenvalue weighted by atomic mass is 9.91. The molecule has 1 aromatic carbocycles. The van der Waals surface area contributed by atoms with Crippen molar-refractivity contribution in [2.45, 2.75) is 44.7 Å². The van der Waals surface area contributed by atoms with Crippen molar-refractivity contribution in [2.75, 3.05) is 26.2 Å². The summed E-state index contributed by atoms with van der Waals surface area (Å²) < 4.78 is 0. The average molecular weight is 410 g/mol. The highest BCUT2D eigenvalue weighted by atomic mass is 32.1. The first kappa shape index (κ1) is 18.8. The smallest absolute Gasteiger partial charge is 0.264 e. The van der Waals surface area contributed by atoms with Crippen LogP contribution in [0.1, 0.15) is 40.6 Å². The Morgan fingerprint density at radius 3 is 2.55 bits per heavy atom. The molecule has 1 saturated heterocycles. The molecule has 5 rings (SSSR count). The second-order valence-electron chi connectivity index (χ2n) is 8.41. The molecule has 2 aromatic rings. The van der Waals surface area contributed by atoms with Gasteiger partial charge in [0.1, 0.15) is 0 Å². The first-order chi connectivity index (χ1) is 14.1. The molecule has 0 bridgehead atoms. The van der Waals surface area contributed by atoms with Gasteiger partial charge in [0.05, 0.1) is 10.9 Å². The first-order valence-corrected chi connectivity index (χ1v) is 11.5. The summed E-state index contributed by atoms with van der Waals surface area (Å²) in [7, 11) is 0. The second-order valence-corrected chi connectivity index (χ2v) is 9.46. The molecule has 3 aliphatic rings. The third-order valence-corrected chi connectivity index (χ3v) is 7.60. The Kier molecular flexibility index (Phi) is 4.92. The molecular formula is C23H27N3O2S. The van der Waals surface area contributed by atoms with Gasteiger partial charge in [-0.3, -0.25) is 14.5 Å². The van der Waals surface area contributed by atoms with Crippen molar-refractivity contribution in [3.05, 3.63) is 46.3 Å². The van der Waals surface area contributed by atoms with Gasteiger partial charge in [-0.05, 0) is 55.4 Å². The van der Waals surface area contributed by atoms with Crippen molar-refractivity contribution in [1.82, 2.24) is 15.1 Å². The van der Waals surface area contributed by atoms with Gasteiger partial charge in [0.15, 0.2) is 0 Å². The summed E-state index contributed by atoms with van der Waals surface area (Å²) in [6.45, 7) is 4.83. The molecule has 0 spiro atoms. The predicted octanol–water partition coefficient (Wildman–Crippen LogP) is 2.94. The third kappa shape index (κ3) is 3.71. The van der Waals surface area contributed by atoms with E-state index >= 15 is 0 Å². The van der Waals surface area contributed by atoms with Crippen molar-refractivity contribution >= 4 is 23.2 Å². The van der Waals surface area contributed by atoms with E-state index in [-0.39, 0.29) is 17.9 Å². The quantitative estimate of drug-likeness (QED) is 0.845. The summed E-state index contributed by atoms with van der Waals surface area (Å²) in [6.07, 6.45) is 4.27. The fraction of sp³-hybridized carbons (Fsp3) is 0.478. The minimum Gasteiger partial charge on any atom is -0.352 e. The van der Waals surface area contributed by atoms with Gasteiger partial charge >= 0.3 is 0 Å². The van der Waals surface area contributed by atoms with E-state index < -0.39 is 0 Å². The van der Waals surface area contributed by atoms with Crippen LogP contribution in [0.2, 0.25) is 0 Å². The zero-order chi connectivity index (χ0) is 20.0. The van der Waals surface area contributed by atoms with Gasteiger partial charge in [0, 0.05) is 37.1 Å². The molecule has 1 saturated carbocycles. The van der Waals surface area contributed by atoms with Gasteiger partial charge in [0.2, 0.25) is 5.91 Å². The topological polar surface area (TPSA) is 52.7 Å². The Balaban J connectivity index is 1.24. The summed E-state index contributed by atoms with van der Waals surface area (Å²) >= 11 is 1.64. The van der Waals surface area contributed by atoms with Crippen LogP contribution in [-0.4, -0.2) is 59.9 Å². The molecule has 1 aromatic heterocycles. The number of piperazine rings is 1. The number of fused-ring (bicyclic) bond motifs is 3. The van der Waals surface area contributed by atoms with Crippen LogP contribution in [0.4, 0.5) is 0 Å². The van der Waals surface area contributed by atoms with E-state index in [9.17, 15) is 9.59 Å². The molecule has 1 unspecified atom stereocenters. The number of aryl methyl sites for hydroxylation is 2. The number of rotatable bonds is 4. The number of amides is 2. The van der Waals surface area contributed by atoms with Crippen molar-refractivity contribution in [3.8, 4) is 10.4 Å². The molecule has 29 heavy (non-hydrogen) atoms. The Bertz CT molecular complexity index is 941. The van der Waals surface area contributed by atoms with Gasteiger partial charge in [-0.15, -0.1) is 11.3 Å². The number of carbonyl (C=O) groups excluding carboxylic acids is 2. The Morgan fingerprint density at radius 2 is 1.79 bits per heavy atom. The van der Waals surface area contributed by atoms with E-state index in [1.54, 1.807) is 11.3 Å². The molecule has 2 fully saturated rings. The lowest BCUT2D eigenvalue weighted by molar-refractivity contribution is -0.126. The van der Waals surface area contributed by atoms with Crippen molar-refractivity contribution in [2.24, 2.45) is 0 Å². The van der Waals surface area contributed by atoms with Gasteiger partial charge < -0.3 is 10.2 Å². The standard InChI is InChI=1S/C23H27N3O2S/c1-15(22(27)24-18-8-9-18)25-10-12-26(13-11-25)23(28)20-14-17-7-6-16-4-2-3-5-19(16)21(17)29-20/h2-5,14-15,18H,6-13H2,1H3,(H,24,27). The van der Waals surface area contributed by atoms with E-state index in [0.29, 0.717) is 19.1 Å². The summed E-state index contributed by atoms with van der Waals surface area (Å²) in [5.74, 6) is 0.258. The van der Waals surface area contributed by atoms with Crippen LogP contribution < -0.4 is 5.32 Å². The van der Waals surface area contributed by atoms with E-state index in [1.807, 2.05) is 11.8 Å². The number of thiophene rings is 1. The largest absolute Gasteiger partial charge is 0.352 e. The van der Waals surface area contributed by atoms with Crippen LogP contribution >= 0.6 is 11.3 Å². The number of benzene rings is 1. The lowest BCUT2D eigenvalue weighted by Crippen LogP contribution is -2.55. The zero-order valence-electron chi connectivity index (χ0n) is 16.8. The molecule has 6 heteroatoms. The minimum absolute atomic E-state index is 0.122. The van der Waals surface area contributed by atoms with Crippen molar-refractivity contribution in [3.63, 3.8) is 0 Å². The van der Waals surface area contributed by atoms with Gasteiger partial charge in [0.25, 0.3) is 5.91 Å². The predicted molar refractivity (Wildman–Crippen MR) is 115 cm³/mol. The average Bonchev–Trinajstić information content (AvgIpc) is 3.46. The normalized spacial score (nSPS) is 20.0. The van der Waals surface area contributed by atoms with Crippen LogP contribution in [-0.2, 0) is 17.6 Å². The van der Waals surface area contributed by atoms with Crippen LogP contribution in [0.25, 0.3) is 10.4 Å². The summed E-state index contributed by atoms with van der Waals surface area (Å²) in [4.78, 5) is 31.7. The molecule has 2 heterocycles. The fourth-order valence-corrected chi connectivity index (χ4v) is 5.60. The van der Waals surface area contributed by atoms with Crippen LogP contribution in [0, 0.1) is 0 Å². The second kappa shape index (κ2) is 7.58. The van der Waals surface area contributed by atoms with Crippen LogP contribution in [0.5, 0.6) is 0 Å². The number of carbonyl (C=O) groups is 2. The number of nitrogens with one attached hydrogen (secondary N) is 1. The maximum atomic E-state index is 13.1. The third-order valence-electron chi connectivity index (χ3n) is 6.40. The van der Waals surface area contributed by atoms with Crippen molar-refractivity contribution < 1.29 is 9.59 Å². The maximum Gasteiger partial charge on any atom is 0.264 e.